The van der Waals surface area contributed by atoms with Gasteiger partial charge in [0.25, 0.3) is 0 Å². The van der Waals surface area contributed by atoms with Crippen LogP contribution in [0.3, 0.4) is 0 Å². The largest absolute Gasteiger partial charge is 0.313 e. The van der Waals surface area contributed by atoms with Gasteiger partial charge in [-0.3, -0.25) is 0 Å². The summed E-state index contributed by atoms with van der Waals surface area (Å²) >= 11 is 0. The predicted octanol–water partition coefficient (Wildman–Crippen LogP) is 4.47. The zero-order valence-corrected chi connectivity index (χ0v) is 12.8. The van der Waals surface area contributed by atoms with Crippen molar-refractivity contribution in [3.8, 4) is 0 Å². The van der Waals surface area contributed by atoms with E-state index in [9.17, 15) is 0 Å². The molecular weight excluding hydrogens is 206 g/mol. The maximum Gasteiger partial charge on any atom is 0.0100 e. The highest BCUT2D eigenvalue weighted by Crippen LogP contribution is 2.34. The molecule has 1 heteroatoms. The van der Waals surface area contributed by atoms with Crippen LogP contribution in [0, 0.1) is 23.2 Å². The Balaban J connectivity index is 2.52. The van der Waals surface area contributed by atoms with Gasteiger partial charge in [0, 0.05) is 12.6 Å². The molecule has 3 atom stereocenters. The van der Waals surface area contributed by atoms with Crippen LogP contribution in [0.1, 0.15) is 67.2 Å². The maximum absolute atomic E-state index is 3.87. The van der Waals surface area contributed by atoms with Gasteiger partial charge in [-0.25, -0.2) is 0 Å². The minimum absolute atomic E-state index is 0.447. The predicted molar refractivity (Wildman–Crippen MR) is 77.2 cm³/mol. The molecule has 0 aromatic heterocycles. The lowest BCUT2D eigenvalue weighted by molar-refractivity contribution is 0.155. The van der Waals surface area contributed by atoms with Crippen molar-refractivity contribution in [3.63, 3.8) is 0 Å². The smallest absolute Gasteiger partial charge is 0.0100 e. The van der Waals surface area contributed by atoms with E-state index in [0.29, 0.717) is 5.41 Å². The average Bonchev–Trinajstić information content (AvgIpc) is 2.26. The normalized spacial score (nSPS) is 30.9. The minimum atomic E-state index is 0.447. The van der Waals surface area contributed by atoms with Crippen LogP contribution in [0.2, 0.25) is 0 Å². The van der Waals surface area contributed by atoms with Crippen molar-refractivity contribution in [2.75, 3.05) is 6.54 Å². The second kappa shape index (κ2) is 6.22. The van der Waals surface area contributed by atoms with Gasteiger partial charge in [-0.05, 0) is 42.4 Å². The molecule has 0 saturated heterocycles. The summed E-state index contributed by atoms with van der Waals surface area (Å²) in [6.45, 7) is 15.4. The number of rotatable bonds is 5. The Hall–Kier alpha value is -0.0400. The molecule has 1 rings (SSSR count). The molecule has 0 radical (unpaired) electrons. The van der Waals surface area contributed by atoms with Gasteiger partial charge in [0.2, 0.25) is 0 Å². The molecule has 0 spiro atoms. The molecule has 3 unspecified atom stereocenters. The summed E-state index contributed by atoms with van der Waals surface area (Å²) < 4.78 is 0. The lowest BCUT2D eigenvalue weighted by Crippen LogP contribution is -2.46. The summed E-state index contributed by atoms with van der Waals surface area (Å²) in [4.78, 5) is 0. The van der Waals surface area contributed by atoms with Crippen LogP contribution >= 0.6 is 0 Å². The minimum Gasteiger partial charge on any atom is -0.313 e. The quantitative estimate of drug-likeness (QED) is 0.746. The lowest BCUT2D eigenvalue weighted by atomic mass is 9.73. The first-order valence-corrected chi connectivity index (χ1v) is 7.59. The molecule has 0 heterocycles. The van der Waals surface area contributed by atoms with Crippen molar-refractivity contribution in [3.05, 3.63) is 0 Å². The van der Waals surface area contributed by atoms with Crippen LogP contribution in [-0.4, -0.2) is 12.6 Å². The first kappa shape index (κ1) is 15.0. The standard InChI is InChI=1S/C16H33N/c1-7-16(5,6)11-17-15-10-13(4)8-9-14(15)12(2)3/h12-15,17H,7-11H2,1-6H3. The van der Waals surface area contributed by atoms with E-state index in [4.69, 9.17) is 0 Å². The van der Waals surface area contributed by atoms with Crippen molar-refractivity contribution in [1.29, 1.82) is 0 Å². The second-order valence-electron chi connectivity index (χ2n) is 7.33. The Labute approximate surface area is 109 Å². The molecule has 0 aromatic carbocycles. The second-order valence-corrected chi connectivity index (χ2v) is 7.33. The zero-order chi connectivity index (χ0) is 13.1. The average molecular weight is 239 g/mol. The highest BCUT2D eigenvalue weighted by atomic mass is 14.9. The number of nitrogens with one attached hydrogen (secondary N) is 1. The summed E-state index contributed by atoms with van der Waals surface area (Å²) in [5.41, 5.74) is 0.447. The van der Waals surface area contributed by atoms with E-state index >= 15 is 0 Å². The Bertz CT molecular complexity index is 220. The highest BCUT2D eigenvalue weighted by Gasteiger charge is 2.31. The molecule has 0 aromatic rings. The number of hydrogen-bond donors (Lipinski definition) is 1. The first-order valence-electron chi connectivity index (χ1n) is 7.59. The van der Waals surface area contributed by atoms with Crippen molar-refractivity contribution in [2.24, 2.45) is 23.2 Å². The Morgan fingerprint density at radius 3 is 2.41 bits per heavy atom. The third-order valence-corrected chi connectivity index (χ3v) is 4.82. The molecule has 1 aliphatic carbocycles. The van der Waals surface area contributed by atoms with Gasteiger partial charge >= 0.3 is 0 Å². The fourth-order valence-corrected chi connectivity index (χ4v) is 2.97. The molecule has 0 aliphatic heterocycles. The molecule has 1 N–H and O–H groups in total. The maximum atomic E-state index is 3.87. The highest BCUT2D eigenvalue weighted by molar-refractivity contribution is 4.86. The van der Waals surface area contributed by atoms with Gasteiger partial charge < -0.3 is 5.32 Å². The molecule has 1 nitrogen and oxygen atoms in total. The van der Waals surface area contributed by atoms with E-state index < -0.39 is 0 Å². The van der Waals surface area contributed by atoms with Crippen molar-refractivity contribution < 1.29 is 0 Å². The van der Waals surface area contributed by atoms with Crippen LogP contribution in [0.4, 0.5) is 0 Å². The van der Waals surface area contributed by atoms with Crippen LogP contribution in [0.25, 0.3) is 0 Å². The van der Waals surface area contributed by atoms with Crippen molar-refractivity contribution in [1.82, 2.24) is 5.32 Å². The topological polar surface area (TPSA) is 12.0 Å². The van der Waals surface area contributed by atoms with Crippen LogP contribution < -0.4 is 5.32 Å². The molecular formula is C16H33N. The van der Waals surface area contributed by atoms with E-state index in [1.165, 1.54) is 32.2 Å². The van der Waals surface area contributed by atoms with Gasteiger partial charge in [-0.15, -0.1) is 0 Å². The fraction of sp³-hybridized carbons (Fsp3) is 1.00. The van der Waals surface area contributed by atoms with E-state index in [1.54, 1.807) is 0 Å². The first-order chi connectivity index (χ1) is 7.85. The van der Waals surface area contributed by atoms with E-state index in [2.05, 4.69) is 46.9 Å². The van der Waals surface area contributed by atoms with Crippen molar-refractivity contribution in [2.45, 2.75) is 73.3 Å². The molecule has 1 saturated carbocycles. The fourth-order valence-electron chi connectivity index (χ4n) is 2.97. The SMILES string of the molecule is CCC(C)(C)CNC1CC(C)CCC1C(C)C. The third-order valence-electron chi connectivity index (χ3n) is 4.82. The monoisotopic (exact) mass is 239 g/mol. The lowest BCUT2D eigenvalue weighted by Gasteiger charge is -2.39. The van der Waals surface area contributed by atoms with Gasteiger partial charge in [0.05, 0.1) is 0 Å². The van der Waals surface area contributed by atoms with Gasteiger partial charge in [0.1, 0.15) is 0 Å². The molecule has 0 bridgehead atoms. The molecule has 1 aliphatic rings. The van der Waals surface area contributed by atoms with E-state index in [1.807, 2.05) is 0 Å². The third kappa shape index (κ3) is 4.62. The Morgan fingerprint density at radius 1 is 1.24 bits per heavy atom. The summed E-state index contributed by atoms with van der Waals surface area (Å²) in [6.07, 6.45) is 5.48. The summed E-state index contributed by atoms with van der Waals surface area (Å²) in [7, 11) is 0. The van der Waals surface area contributed by atoms with Gasteiger partial charge in [-0.2, -0.15) is 0 Å². The van der Waals surface area contributed by atoms with E-state index in [-0.39, 0.29) is 0 Å². The van der Waals surface area contributed by atoms with Crippen LogP contribution in [0.15, 0.2) is 0 Å². The zero-order valence-electron chi connectivity index (χ0n) is 12.8. The summed E-state index contributed by atoms with van der Waals surface area (Å²) in [5.74, 6) is 2.62. The summed E-state index contributed by atoms with van der Waals surface area (Å²) in [5, 5.41) is 3.87. The molecule has 102 valence electrons. The van der Waals surface area contributed by atoms with E-state index in [0.717, 1.165) is 23.8 Å². The van der Waals surface area contributed by atoms with Crippen molar-refractivity contribution >= 4 is 0 Å². The summed E-state index contributed by atoms with van der Waals surface area (Å²) in [6, 6.07) is 0.754. The molecule has 0 amide bonds. The Morgan fingerprint density at radius 2 is 1.88 bits per heavy atom. The molecule has 17 heavy (non-hydrogen) atoms. The van der Waals surface area contributed by atoms with Crippen LogP contribution in [-0.2, 0) is 0 Å². The van der Waals surface area contributed by atoms with Gasteiger partial charge in [-0.1, -0.05) is 48.0 Å². The van der Waals surface area contributed by atoms with Gasteiger partial charge in [0.15, 0.2) is 0 Å². The van der Waals surface area contributed by atoms with Crippen LogP contribution in [0.5, 0.6) is 0 Å². The molecule has 1 fully saturated rings. The number of hydrogen-bond acceptors (Lipinski definition) is 1. The Kier molecular flexibility index (Phi) is 5.50.